The van der Waals surface area contributed by atoms with Crippen molar-refractivity contribution in [3.05, 3.63) is 0 Å². The van der Waals surface area contributed by atoms with Gasteiger partial charge in [0.05, 0.1) is 5.92 Å². The van der Waals surface area contributed by atoms with Crippen LogP contribution in [0.5, 0.6) is 0 Å². The maximum Gasteiger partial charge on any atom is 0.222 e. The molecule has 76 valence electrons. The number of carbonyl (C=O) groups is 1. The molecule has 0 aliphatic carbocycles. The number of hydrogen-bond donors (Lipinski definition) is 1. The van der Waals surface area contributed by atoms with Gasteiger partial charge in [-0.25, -0.2) is 0 Å². The highest BCUT2D eigenvalue weighted by atomic mass is 16.1. The van der Waals surface area contributed by atoms with Crippen LogP contribution in [0.2, 0.25) is 0 Å². The Morgan fingerprint density at radius 1 is 1.54 bits per heavy atom. The number of amides is 1. The van der Waals surface area contributed by atoms with Gasteiger partial charge in [0.25, 0.3) is 0 Å². The molecule has 0 saturated carbocycles. The fraction of sp³-hybridized carbons (Fsp3) is 0.900. The maximum absolute atomic E-state index is 11.2. The molecule has 0 aromatic carbocycles. The molecular formula is C10H20N2O. The van der Waals surface area contributed by atoms with Crippen molar-refractivity contribution in [3.63, 3.8) is 0 Å². The van der Waals surface area contributed by atoms with Crippen LogP contribution in [0.4, 0.5) is 0 Å². The Bertz CT molecular complexity index is 182. The Balaban J connectivity index is 2.66. The van der Waals surface area contributed by atoms with Crippen LogP contribution in [0, 0.1) is 5.92 Å². The molecule has 3 nitrogen and oxygen atoms in total. The van der Waals surface area contributed by atoms with Crippen molar-refractivity contribution < 1.29 is 4.79 Å². The van der Waals surface area contributed by atoms with Gasteiger partial charge < -0.3 is 5.73 Å². The van der Waals surface area contributed by atoms with Gasteiger partial charge in [-0.3, -0.25) is 9.69 Å². The number of nitrogens with two attached hydrogens (primary N) is 1. The number of nitrogens with zero attached hydrogens (tertiary/aromatic N) is 1. The van der Waals surface area contributed by atoms with Crippen LogP contribution in [0.15, 0.2) is 0 Å². The first-order valence-electron chi connectivity index (χ1n) is 5.24. The molecule has 13 heavy (non-hydrogen) atoms. The fourth-order valence-electron chi connectivity index (χ4n) is 2.39. The normalized spacial score (nSPS) is 30.3. The number of likely N-dealkylation sites (tertiary alicyclic amines) is 1. The number of piperidine rings is 1. The van der Waals surface area contributed by atoms with E-state index in [1.165, 1.54) is 0 Å². The molecule has 1 aliphatic heterocycles. The van der Waals surface area contributed by atoms with Crippen molar-refractivity contribution in [2.24, 2.45) is 11.7 Å². The smallest absolute Gasteiger partial charge is 0.222 e. The van der Waals surface area contributed by atoms with Crippen molar-refractivity contribution in [1.29, 1.82) is 0 Å². The molecule has 1 fully saturated rings. The highest BCUT2D eigenvalue weighted by Crippen LogP contribution is 2.25. The summed E-state index contributed by atoms with van der Waals surface area (Å²) < 4.78 is 0. The van der Waals surface area contributed by atoms with Crippen LogP contribution in [-0.4, -0.2) is 29.9 Å². The van der Waals surface area contributed by atoms with Gasteiger partial charge in [-0.2, -0.15) is 0 Å². The first-order chi connectivity index (χ1) is 6.20. The molecular weight excluding hydrogens is 164 g/mol. The molecule has 1 rings (SSSR count). The Hall–Kier alpha value is -0.570. The molecule has 1 amide bonds. The second-order valence-electron chi connectivity index (χ2n) is 3.76. The minimum atomic E-state index is -0.120. The van der Waals surface area contributed by atoms with Crippen molar-refractivity contribution in [2.45, 2.75) is 39.2 Å². The van der Waals surface area contributed by atoms with E-state index in [9.17, 15) is 4.79 Å². The first kappa shape index (κ1) is 10.5. The third kappa shape index (κ3) is 2.21. The molecule has 2 unspecified atom stereocenters. The molecule has 1 aliphatic rings. The quantitative estimate of drug-likeness (QED) is 0.710. The zero-order chi connectivity index (χ0) is 9.84. The van der Waals surface area contributed by atoms with Crippen LogP contribution in [0.25, 0.3) is 0 Å². The summed E-state index contributed by atoms with van der Waals surface area (Å²) in [5.74, 6) is -0.0382. The monoisotopic (exact) mass is 184 g/mol. The zero-order valence-corrected chi connectivity index (χ0v) is 8.62. The van der Waals surface area contributed by atoms with E-state index in [0.717, 1.165) is 32.4 Å². The van der Waals surface area contributed by atoms with Crippen LogP contribution in [0.3, 0.4) is 0 Å². The topological polar surface area (TPSA) is 46.3 Å². The summed E-state index contributed by atoms with van der Waals surface area (Å²) in [7, 11) is 0. The Kier molecular flexibility index (Phi) is 3.72. The van der Waals surface area contributed by atoms with E-state index in [4.69, 9.17) is 5.73 Å². The average Bonchev–Trinajstić information content (AvgIpc) is 2.16. The van der Waals surface area contributed by atoms with Crippen molar-refractivity contribution in [1.82, 2.24) is 4.90 Å². The summed E-state index contributed by atoms with van der Waals surface area (Å²) in [6.07, 6.45) is 3.11. The van der Waals surface area contributed by atoms with E-state index in [-0.39, 0.29) is 11.8 Å². The lowest BCUT2D eigenvalue weighted by molar-refractivity contribution is -0.125. The van der Waals surface area contributed by atoms with Crippen LogP contribution in [-0.2, 0) is 4.79 Å². The predicted octanol–water partition coefficient (Wildman–Crippen LogP) is 0.982. The Morgan fingerprint density at radius 3 is 2.69 bits per heavy atom. The molecule has 0 spiro atoms. The molecule has 2 atom stereocenters. The summed E-state index contributed by atoms with van der Waals surface area (Å²) in [6, 6.07) is 0.385. The number of primary amides is 1. The van der Waals surface area contributed by atoms with Crippen molar-refractivity contribution in [2.75, 3.05) is 13.1 Å². The van der Waals surface area contributed by atoms with Gasteiger partial charge in [-0.15, -0.1) is 0 Å². The van der Waals surface area contributed by atoms with E-state index in [1.54, 1.807) is 0 Å². The van der Waals surface area contributed by atoms with Crippen molar-refractivity contribution in [3.8, 4) is 0 Å². The summed E-state index contributed by atoms with van der Waals surface area (Å²) in [5, 5.41) is 0. The van der Waals surface area contributed by atoms with Gasteiger partial charge >= 0.3 is 0 Å². The van der Waals surface area contributed by atoms with Gasteiger partial charge in [0, 0.05) is 6.04 Å². The minimum absolute atomic E-state index is 0.0821. The third-order valence-electron chi connectivity index (χ3n) is 3.08. The van der Waals surface area contributed by atoms with Gasteiger partial charge in [0.1, 0.15) is 0 Å². The van der Waals surface area contributed by atoms with E-state index in [1.807, 2.05) is 0 Å². The standard InChI is InChI=1S/C10H20N2O/c1-3-9-8(10(11)13)6-5-7-12(9)4-2/h8-9H,3-7H2,1-2H3,(H2,11,13). The SMILES string of the molecule is CCC1C(C(N)=O)CCCN1CC. The van der Waals surface area contributed by atoms with E-state index in [0.29, 0.717) is 6.04 Å². The van der Waals surface area contributed by atoms with Gasteiger partial charge in [-0.05, 0) is 32.4 Å². The van der Waals surface area contributed by atoms with Gasteiger partial charge in [-0.1, -0.05) is 13.8 Å². The third-order valence-corrected chi connectivity index (χ3v) is 3.08. The van der Waals surface area contributed by atoms with Gasteiger partial charge in [0.15, 0.2) is 0 Å². The van der Waals surface area contributed by atoms with E-state index in [2.05, 4.69) is 18.7 Å². The molecule has 0 aromatic rings. The van der Waals surface area contributed by atoms with Crippen LogP contribution < -0.4 is 5.73 Å². The predicted molar refractivity (Wildman–Crippen MR) is 53.2 cm³/mol. The highest BCUT2D eigenvalue weighted by molar-refractivity contribution is 5.77. The zero-order valence-electron chi connectivity index (χ0n) is 8.62. The van der Waals surface area contributed by atoms with E-state index >= 15 is 0 Å². The minimum Gasteiger partial charge on any atom is -0.369 e. The molecule has 3 heteroatoms. The van der Waals surface area contributed by atoms with Crippen LogP contribution in [0.1, 0.15) is 33.1 Å². The lowest BCUT2D eigenvalue weighted by atomic mass is 9.87. The maximum atomic E-state index is 11.2. The summed E-state index contributed by atoms with van der Waals surface area (Å²) in [4.78, 5) is 13.6. The first-order valence-corrected chi connectivity index (χ1v) is 5.24. The Labute approximate surface area is 80.3 Å². The highest BCUT2D eigenvalue weighted by Gasteiger charge is 2.32. The summed E-state index contributed by atoms with van der Waals surface area (Å²) in [5.41, 5.74) is 5.38. The number of rotatable bonds is 3. The number of carbonyl (C=O) groups excluding carboxylic acids is 1. The van der Waals surface area contributed by atoms with Crippen molar-refractivity contribution >= 4 is 5.91 Å². The summed E-state index contributed by atoms with van der Waals surface area (Å²) in [6.45, 7) is 6.43. The fourth-order valence-corrected chi connectivity index (χ4v) is 2.39. The molecule has 0 aromatic heterocycles. The van der Waals surface area contributed by atoms with Crippen LogP contribution >= 0.6 is 0 Å². The molecule has 1 heterocycles. The largest absolute Gasteiger partial charge is 0.369 e. The molecule has 2 N–H and O–H groups in total. The second-order valence-corrected chi connectivity index (χ2v) is 3.76. The second kappa shape index (κ2) is 4.61. The Morgan fingerprint density at radius 2 is 2.23 bits per heavy atom. The molecule has 0 bridgehead atoms. The average molecular weight is 184 g/mol. The van der Waals surface area contributed by atoms with E-state index < -0.39 is 0 Å². The lowest BCUT2D eigenvalue weighted by Gasteiger charge is -2.39. The lowest BCUT2D eigenvalue weighted by Crippen LogP contribution is -2.49. The molecule has 1 saturated heterocycles. The number of hydrogen-bond acceptors (Lipinski definition) is 2. The van der Waals surface area contributed by atoms with Gasteiger partial charge in [0.2, 0.25) is 5.91 Å². The molecule has 0 radical (unpaired) electrons. The summed E-state index contributed by atoms with van der Waals surface area (Å²) >= 11 is 0.